The van der Waals surface area contributed by atoms with Crippen LogP contribution in [-0.4, -0.2) is 0 Å². The maximum atomic E-state index is 6.04. The first-order chi connectivity index (χ1) is 8.29. The molecule has 1 heterocycles. The molecule has 0 spiro atoms. The lowest BCUT2D eigenvalue weighted by Gasteiger charge is -2.07. The van der Waals surface area contributed by atoms with E-state index in [1.165, 1.54) is 5.39 Å². The smallest absolute Gasteiger partial charge is 0.135 e. The third-order valence-corrected chi connectivity index (χ3v) is 3.27. The van der Waals surface area contributed by atoms with Gasteiger partial charge in [-0.05, 0) is 24.1 Å². The minimum Gasteiger partial charge on any atom is -0.456 e. The molecule has 0 fully saturated rings. The van der Waals surface area contributed by atoms with Crippen molar-refractivity contribution < 1.29 is 4.42 Å². The van der Waals surface area contributed by atoms with Crippen LogP contribution in [0.25, 0.3) is 21.9 Å². The van der Waals surface area contributed by atoms with Gasteiger partial charge >= 0.3 is 0 Å². The zero-order valence-electron chi connectivity index (χ0n) is 9.81. The number of hydrogen-bond donors (Lipinski definition) is 1. The highest BCUT2D eigenvalue weighted by Crippen LogP contribution is 2.30. The predicted octanol–water partition coefficient (Wildman–Crippen LogP) is 4.00. The van der Waals surface area contributed by atoms with Gasteiger partial charge in [-0.2, -0.15) is 0 Å². The Bertz CT molecular complexity index is 669. The van der Waals surface area contributed by atoms with Crippen molar-refractivity contribution in [2.75, 3.05) is 0 Å². The van der Waals surface area contributed by atoms with E-state index in [1.54, 1.807) is 0 Å². The second-order valence-electron chi connectivity index (χ2n) is 4.37. The Labute approximate surface area is 100 Å². The molecule has 0 bridgehead atoms. The van der Waals surface area contributed by atoms with Crippen LogP contribution in [0.1, 0.15) is 24.9 Å². The van der Waals surface area contributed by atoms with Gasteiger partial charge in [0.2, 0.25) is 0 Å². The molecule has 0 saturated heterocycles. The van der Waals surface area contributed by atoms with Gasteiger partial charge in [-0.3, -0.25) is 0 Å². The summed E-state index contributed by atoms with van der Waals surface area (Å²) < 4.78 is 5.83. The van der Waals surface area contributed by atoms with Crippen LogP contribution < -0.4 is 5.73 Å². The van der Waals surface area contributed by atoms with Gasteiger partial charge in [0.25, 0.3) is 0 Å². The van der Waals surface area contributed by atoms with Gasteiger partial charge in [0.05, 0.1) is 0 Å². The van der Waals surface area contributed by atoms with Crippen molar-refractivity contribution in [3.05, 3.63) is 48.0 Å². The molecular formula is C15H15NO. The van der Waals surface area contributed by atoms with E-state index < -0.39 is 0 Å². The molecule has 0 unspecified atom stereocenters. The fourth-order valence-corrected chi connectivity index (χ4v) is 2.21. The Hall–Kier alpha value is -1.80. The average Bonchev–Trinajstić information content (AvgIpc) is 2.75. The molecule has 1 aromatic heterocycles. The summed E-state index contributed by atoms with van der Waals surface area (Å²) in [4.78, 5) is 0. The lowest BCUT2D eigenvalue weighted by Crippen LogP contribution is -2.07. The number of nitrogens with two attached hydrogens (primary N) is 1. The zero-order chi connectivity index (χ0) is 11.8. The molecule has 2 nitrogen and oxygen atoms in total. The molecule has 3 rings (SSSR count). The SMILES string of the molecule is CC[C@H](N)c1ccc2c(c1)oc1ccccc12. The van der Waals surface area contributed by atoms with Crippen molar-refractivity contribution >= 4 is 21.9 Å². The molecular weight excluding hydrogens is 210 g/mol. The van der Waals surface area contributed by atoms with Gasteiger partial charge in [0.15, 0.2) is 0 Å². The van der Waals surface area contributed by atoms with Crippen LogP contribution in [0.2, 0.25) is 0 Å². The molecule has 1 atom stereocenters. The van der Waals surface area contributed by atoms with E-state index in [4.69, 9.17) is 10.2 Å². The second-order valence-corrected chi connectivity index (χ2v) is 4.37. The zero-order valence-corrected chi connectivity index (χ0v) is 9.81. The molecule has 0 radical (unpaired) electrons. The largest absolute Gasteiger partial charge is 0.456 e. The van der Waals surface area contributed by atoms with Crippen molar-refractivity contribution in [1.82, 2.24) is 0 Å². The Kier molecular flexibility index (Phi) is 2.37. The number of benzene rings is 2. The highest BCUT2D eigenvalue weighted by atomic mass is 16.3. The highest BCUT2D eigenvalue weighted by molar-refractivity contribution is 6.04. The van der Waals surface area contributed by atoms with Crippen LogP contribution in [-0.2, 0) is 0 Å². The highest BCUT2D eigenvalue weighted by Gasteiger charge is 2.09. The maximum absolute atomic E-state index is 6.04. The number of fused-ring (bicyclic) bond motifs is 3. The number of hydrogen-bond acceptors (Lipinski definition) is 2. The van der Waals surface area contributed by atoms with E-state index in [0.717, 1.165) is 28.5 Å². The fraction of sp³-hybridized carbons (Fsp3) is 0.200. The van der Waals surface area contributed by atoms with Crippen LogP contribution in [0.4, 0.5) is 0 Å². The minimum atomic E-state index is 0.0904. The molecule has 0 aliphatic carbocycles. The fourth-order valence-electron chi connectivity index (χ4n) is 2.21. The molecule has 2 aromatic carbocycles. The lowest BCUT2D eigenvalue weighted by molar-refractivity contribution is 0.661. The molecule has 0 aliphatic heterocycles. The Morgan fingerprint density at radius 3 is 2.65 bits per heavy atom. The van der Waals surface area contributed by atoms with E-state index in [-0.39, 0.29) is 6.04 Å². The predicted molar refractivity (Wildman–Crippen MR) is 70.9 cm³/mol. The summed E-state index contributed by atoms with van der Waals surface area (Å²) in [6.07, 6.45) is 0.936. The third-order valence-electron chi connectivity index (χ3n) is 3.27. The van der Waals surface area contributed by atoms with Crippen molar-refractivity contribution in [2.24, 2.45) is 5.73 Å². The van der Waals surface area contributed by atoms with Crippen LogP contribution in [0, 0.1) is 0 Å². The quantitative estimate of drug-likeness (QED) is 0.716. The van der Waals surface area contributed by atoms with Crippen LogP contribution in [0.5, 0.6) is 0 Å². The molecule has 2 heteroatoms. The van der Waals surface area contributed by atoms with Crippen LogP contribution in [0.15, 0.2) is 46.9 Å². The summed E-state index contributed by atoms with van der Waals surface area (Å²) in [5.41, 5.74) is 9.03. The standard InChI is InChI=1S/C15H15NO/c1-2-13(16)10-7-8-12-11-5-3-4-6-14(11)17-15(12)9-10/h3-9,13H,2,16H2,1H3/t13-/m0/s1. The topological polar surface area (TPSA) is 39.2 Å². The summed E-state index contributed by atoms with van der Waals surface area (Å²) in [7, 11) is 0. The van der Waals surface area contributed by atoms with Gasteiger partial charge < -0.3 is 10.2 Å². The molecule has 3 aromatic rings. The van der Waals surface area contributed by atoms with Gasteiger partial charge in [0.1, 0.15) is 11.2 Å². The van der Waals surface area contributed by atoms with Crippen molar-refractivity contribution in [2.45, 2.75) is 19.4 Å². The molecule has 2 N–H and O–H groups in total. The number of furan rings is 1. The van der Waals surface area contributed by atoms with E-state index in [0.29, 0.717) is 0 Å². The van der Waals surface area contributed by atoms with E-state index >= 15 is 0 Å². The van der Waals surface area contributed by atoms with E-state index in [2.05, 4.69) is 31.2 Å². The van der Waals surface area contributed by atoms with Crippen molar-refractivity contribution in [1.29, 1.82) is 0 Å². The first kappa shape index (κ1) is 10.4. The summed E-state index contributed by atoms with van der Waals surface area (Å²) in [5, 5.41) is 2.33. The minimum absolute atomic E-state index is 0.0904. The van der Waals surface area contributed by atoms with E-state index in [1.807, 2.05) is 18.2 Å². The van der Waals surface area contributed by atoms with Crippen LogP contribution >= 0.6 is 0 Å². The summed E-state index contributed by atoms with van der Waals surface area (Å²) in [5.74, 6) is 0. The molecule has 0 aliphatic rings. The number of para-hydroxylation sites is 1. The van der Waals surface area contributed by atoms with Gasteiger partial charge in [0, 0.05) is 16.8 Å². The van der Waals surface area contributed by atoms with E-state index in [9.17, 15) is 0 Å². The van der Waals surface area contributed by atoms with Crippen molar-refractivity contribution in [3.8, 4) is 0 Å². The number of rotatable bonds is 2. The van der Waals surface area contributed by atoms with Gasteiger partial charge in [-0.15, -0.1) is 0 Å². The molecule has 0 saturated carbocycles. The molecule has 0 amide bonds. The average molecular weight is 225 g/mol. The van der Waals surface area contributed by atoms with Gasteiger partial charge in [-0.25, -0.2) is 0 Å². The second kappa shape index (κ2) is 3.90. The molecule has 86 valence electrons. The Balaban J connectivity index is 2.26. The summed E-state index contributed by atoms with van der Waals surface area (Å²) in [6.45, 7) is 2.09. The summed E-state index contributed by atoms with van der Waals surface area (Å²) in [6, 6.07) is 14.4. The van der Waals surface area contributed by atoms with Crippen molar-refractivity contribution in [3.63, 3.8) is 0 Å². The first-order valence-corrected chi connectivity index (χ1v) is 5.96. The normalized spacial score (nSPS) is 13.3. The third kappa shape index (κ3) is 1.61. The van der Waals surface area contributed by atoms with Gasteiger partial charge in [-0.1, -0.05) is 37.3 Å². The Morgan fingerprint density at radius 2 is 1.82 bits per heavy atom. The molecule has 17 heavy (non-hydrogen) atoms. The Morgan fingerprint density at radius 1 is 1.06 bits per heavy atom. The van der Waals surface area contributed by atoms with Crippen LogP contribution in [0.3, 0.4) is 0 Å². The maximum Gasteiger partial charge on any atom is 0.135 e. The lowest BCUT2D eigenvalue weighted by atomic mass is 10.0. The monoisotopic (exact) mass is 225 g/mol. The first-order valence-electron chi connectivity index (χ1n) is 5.96. The summed E-state index contributed by atoms with van der Waals surface area (Å²) >= 11 is 0.